The highest BCUT2D eigenvalue weighted by Crippen LogP contribution is 2.39. The Bertz CT molecular complexity index is 768. The first-order chi connectivity index (χ1) is 11.0. The van der Waals surface area contributed by atoms with Gasteiger partial charge in [-0.3, -0.25) is 0 Å². The van der Waals surface area contributed by atoms with Gasteiger partial charge < -0.3 is 19.8 Å². The molecule has 2 aromatic rings. The number of benzene rings is 2. The van der Waals surface area contributed by atoms with E-state index in [-0.39, 0.29) is 5.56 Å². The van der Waals surface area contributed by atoms with Crippen molar-refractivity contribution in [3.8, 4) is 22.6 Å². The molecule has 6 heteroatoms. The third-order valence-corrected chi connectivity index (χ3v) is 3.47. The number of hydrogen-bond acceptors (Lipinski definition) is 5. The van der Waals surface area contributed by atoms with Crippen molar-refractivity contribution in [2.24, 2.45) is 5.16 Å². The van der Waals surface area contributed by atoms with E-state index in [4.69, 9.17) is 19.8 Å². The minimum Gasteiger partial charge on any atom is -0.493 e. The average molecular weight is 315 g/mol. The van der Waals surface area contributed by atoms with E-state index in [1.54, 1.807) is 37.3 Å². The highest BCUT2D eigenvalue weighted by molar-refractivity contribution is 6.00. The van der Waals surface area contributed by atoms with Gasteiger partial charge in [0.05, 0.1) is 25.5 Å². The molecule has 0 bridgehead atoms. The van der Waals surface area contributed by atoms with Crippen LogP contribution in [-0.4, -0.2) is 36.2 Å². The highest BCUT2D eigenvalue weighted by atomic mass is 16.5. The summed E-state index contributed by atoms with van der Waals surface area (Å²) in [6.45, 7) is 1.65. The van der Waals surface area contributed by atoms with Crippen LogP contribution in [0.2, 0.25) is 0 Å². The molecule has 0 aliphatic carbocycles. The SMILES string of the molecule is COc1cc(/C(C)=N/O)cc(-c2cccc(C(=O)O)c2)c1OC. The second kappa shape index (κ2) is 6.83. The van der Waals surface area contributed by atoms with E-state index in [0.717, 1.165) is 0 Å². The van der Waals surface area contributed by atoms with Crippen molar-refractivity contribution in [1.29, 1.82) is 0 Å². The lowest BCUT2D eigenvalue weighted by Gasteiger charge is -2.15. The van der Waals surface area contributed by atoms with Crippen molar-refractivity contribution >= 4 is 11.7 Å². The van der Waals surface area contributed by atoms with Crippen molar-refractivity contribution in [2.75, 3.05) is 14.2 Å². The minimum absolute atomic E-state index is 0.168. The molecule has 0 saturated heterocycles. The first kappa shape index (κ1) is 16.4. The molecule has 2 N–H and O–H groups in total. The van der Waals surface area contributed by atoms with Gasteiger partial charge in [0, 0.05) is 11.1 Å². The number of nitrogens with zero attached hydrogens (tertiary/aromatic N) is 1. The van der Waals surface area contributed by atoms with Gasteiger partial charge in [-0.05, 0) is 36.8 Å². The van der Waals surface area contributed by atoms with E-state index in [1.807, 2.05) is 0 Å². The maximum atomic E-state index is 11.2. The summed E-state index contributed by atoms with van der Waals surface area (Å²) < 4.78 is 10.7. The van der Waals surface area contributed by atoms with E-state index in [9.17, 15) is 4.79 Å². The standard InChI is InChI=1S/C17H17NO5/c1-10(18-21)13-8-14(16(23-3)15(9-13)22-2)11-5-4-6-12(7-11)17(19)20/h4-9,21H,1-3H3,(H,19,20)/b18-10+. The molecule has 0 heterocycles. The summed E-state index contributed by atoms with van der Waals surface area (Å²) >= 11 is 0. The van der Waals surface area contributed by atoms with Crippen LogP contribution in [0.15, 0.2) is 41.6 Å². The molecule has 0 radical (unpaired) electrons. The normalized spacial score (nSPS) is 11.2. The first-order valence-electron chi connectivity index (χ1n) is 6.80. The fraction of sp³-hybridized carbons (Fsp3) is 0.176. The molecule has 0 fully saturated rings. The molecular weight excluding hydrogens is 298 g/mol. The summed E-state index contributed by atoms with van der Waals surface area (Å²) in [5.41, 5.74) is 2.52. The van der Waals surface area contributed by atoms with Crippen molar-refractivity contribution in [2.45, 2.75) is 6.92 Å². The molecule has 6 nitrogen and oxygen atoms in total. The van der Waals surface area contributed by atoms with Crippen LogP contribution < -0.4 is 9.47 Å². The Hall–Kier alpha value is -3.02. The summed E-state index contributed by atoms with van der Waals surface area (Å²) in [5, 5.41) is 21.3. The lowest BCUT2D eigenvalue weighted by Crippen LogP contribution is -2.01. The summed E-state index contributed by atoms with van der Waals surface area (Å²) in [6, 6.07) is 9.95. The number of hydrogen-bond donors (Lipinski definition) is 2. The summed E-state index contributed by atoms with van der Waals surface area (Å²) in [4.78, 5) is 11.2. The van der Waals surface area contributed by atoms with Crippen LogP contribution in [0.5, 0.6) is 11.5 Å². The van der Waals surface area contributed by atoms with Crippen LogP contribution in [0.1, 0.15) is 22.8 Å². The summed E-state index contributed by atoms with van der Waals surface area (Å²) in [7, 11) is 3.01. The Kier molecular flexibility index (Phi) is 4.85. The first-order valence-corrected chi connectivity index (χ1v) is 6.80. The van der Waals surface area contributed by atoms with Gasteiger partial charge in [0.1, 0.15) is 0 Å². The molecule has 0 aliphatic heterocycles. The molecular formula is C17H17NO5. The van der Waals surface area contributed by atoms with Gasteiger partial charge in [0.2, 0.25) is 0 Å². The molecule has 0 amide bonds. The third kappa shape index (κ3) is 3.26. The smallest absolute Gasteiger partial charge is 0.335 e. The van der Waals surface area contributed by atoms with Gasteiger partial charge in [-0.2, -0.15) is 0 Å². The maximum Gasteiger partial charge on any atom is 0.335 e. The Morgan fingerprint density at radius 1 is 1.09 bits per heavy atom. The fourth-order valence-electron chi connectivity index (χ4n) is 2.27. The van der Waals surface area contributed by atoms with Gasteiger partial charge >= 0.3 is 5.97 Å². The Balaban J connectivity index is 2.73. The lowest BCUT2D eigenvalue weighted by atomic mass is 9.98. The highest BCUT2D eigenvalue weighted by Gasteiger charge is 2.16. The molecule has 2 rings (SSSR count). The van der Waals surface area contributed by atoms with Crippen LogP contribution in [0.3, 0.4) is 0 Å². The molecule has 23 heavy (non-hydrogen) atoms. The number of ether oxygens (including phenoxy) is 2. The monoisotopic (exact) mass is 315 g/mol. The van der Waals surface area contributed by atoms with Gasteiger partial charge in [-0.25, -0.2) is 4.79 Å². The number of carboxylic acids is 1. The van der Waals surface area contributed by atoms with Crippen molar-refractivity contribution in [1.82, 2.24) is 0 Å². The second-order valence-corrected chi connectivity index (χ2v) is 4.83. The number of aromatic carboxylic acids is 1. The molecule has 0 unspecified atom stereocenters. The van der Waals surface area contributed by atoms with E-state index in [2.05, 4.69) is 5.16 Å². The van der Waals surface area contributed by atoms with E-state index >= 15 is 0 Å². The van der Waals surface area contributed by atoms with Crippen molar-refractivity contribution in [3.05, 3.63) is 47.5 Å². The zero-order chi connectivity index (χ0) is 17.0. The third-order valence-electron chi connectivity index (χ3n) is 3.47. The lowest BCUT2D eigenvalue weighted by molar-refractivity contribution is 0.0697. The Labute approximate surface area is 133 Å². The van der Waals surface area contributed by atoms with Crippen LogP contribution in [0.4, 0.5) is 0 Å². The fourth-order valence-corrected chi connectivity index (χ4v) is 2.27. The topological polar surface area (TPSA) is 88.4 Å². The van der Waals surface area contributed by atoms with E-state index < -0.39 is 5.97 Å². The van der Waals surface area contributed by atoms with E-state index in [0.29, 0.717) is 33.9 Å². The Morgan fingerprint density at radius 2 is 1.83 bits per heavy atom. The van der Waals surface area contributed by atoms with Gasteiger partial charge in [-0.1, -0.05) is 17.3 Å². The van der Waals surface area contributed by atoms with Crippen molar-refractivity contribution in [3.63, 3.8) is 0 Å². The zero-order valence-corrected chi connectivity index (χ0v) is 13.0. The molecule has 0 atom stereocenters. The second-order valence-electron chi connectivity index (χ2n) is 4.83. The predicted octanol–water partition coefficient (Wildman–Crippen LogP) is 3.27. The van der Waals surface area contributed by atoms with Crippen LogP contribution in [0.25, 0.3) is 11.1 Å². The largest absolute Gasteiger partial charge is 0.493 e. The van der Waals surface area contributed by atoms with Gasteiger partial charge in [0.25, 0.3) is 0 Å². The quantitative estimate of drug-likeness (QED) is 0.502. The zero-order valence-electron chi connectivity index (χ0n) is 13.0. The molecule has 120 valence electrons. The Morgan fingerprint density at radius 3 is 2.39 bits per heavy atom. The number of carbonyl (C=O) groups is 1. The summed E-state index contributed by atoms with van der Waals surface area (Å²) in [6.07, 6.45) is 0. The van der Waals surface area contributed by atoms with Gasteiger partial charge in [0.15, 0.2) is 11.5 Å². The summed E-state index contributed by atoms with van der Waals surface area (Å²) in [5.74, 6) is -0.0738. The predicted molar refractivity (Wildman–Crippen MR) is 85.9 cm³/mol. The maximum absolute atomic E-state index is 11.2. The molecule has 0 aliphatic rings. The van der Waals surface area contributed by atoms with E-state index in [1.165, 1.54) is 20.3 Å². The number of methoxy groups -OCH3 is 2. The number of carboxylic acid groups (broad SMARTS) is 1. The van der Waals surface area contributed by atoms with Crippen molar-refractivity contribution < 1.29 is 24.6 Å². The molecule has 0 aromatic heterocycles. The number of rotatable bonds is 5. The van der Waals surface area contributed by atoms with Crippen LogP contribution in [0, 0.1) is 0 Å². The molecule has 2 aromatic carbocycles. The average Bonchev–Trinajstić information content (AvgIpc) is 2.59. The van der Waals surface area contributed by atoms with Gasteiger partial charge in [-0.15, -0.1) is 0 Å². The van der Waals surface area contributed by atoms with Crippen LogP contribution >= 0.6 is 0 Å². The van der Waals surface area contributed by atoms with Crippen LogP contribution in [-0.2, 0) is 0 Å². The molecule has 0 saturated carbocycles. The minimum atomic E-state index is -1.01. The number of oxime groups is 1. The molecule has 0 spiro atoms.